The number of carbonyl (C=O) groups is 1. The van der Waals surface area contributed by atoms with E-state index in [2.05, 4.69) is 0 Å². The smallest absolute Gasteiger partial charge is 0.146 e. The molecule has 0 spiro atoms. The molecule has 1 heteroatoms. The largest absolute Gasteiger partial charge is 0.298 e. The van der Waals surface area contributed by atoms with Crippen molar-refractivity contribution in [1.82, 2.24) is 0 Å². The minimum absolute atomic E-state index is 0.799. The summed E-state index contributed by atoms with van der Waals surface area (Å²) in [7, 11) is 0. The molecule has 0 aromatic heterocycles. The first kappa shape index (κ1) is 8.15. The summed E-state index contributed by atoms with van der Waals surface area (Å²) >= 11 is 0. The van der Waals surface area contributed by atoms with Crippen LogP contribution in [-0.2, 0) is 4.79 Å². The summed E-state index contributed by atoms with van der Waals surface area (Å²) in [6.07, 6.45) is 4.71. The number of aldehydes is 1. The molecule has 0 atom stereocenters. The van der Waals surface area contributed by atoms with Gasteiger partial charge in [0.05, 0.1) is 0 Å². The van der Waals surface area contributed by atoms with Gasteiger partial charge in [-0.15, -0.1) is 0 Å². The minimum Gasteiger partial charge on any atom is -0.298 e. The molecule has 0 rings (SSSR count). The normalized spacial score (nSPS) is 13.7. The highest BCUT2D eigenvalue weighted by Crippen LogP contribution is 2.00. The van der Waals surface area contributed by atoms with Gasteiger partial charge in [0.1, 0.15) is 6.29 Å². The fraction of sp³-hybridized carbons (Fsp3) is 0.375. The SMILES string of the molecule is CC=CC(C)=C(C)C=O. The third-order valence-corrected chi connectivity index (χ3v) is 1.22. The van der Waals surface area contributed by atoms with Gasteiger partial charge in [-0.1, -0.05) is 12.2 Å². The topological polar surface area (TPSA) is 17.1 Å². The van der Waals surface area contributed by atoms with Crippen molar-refractivity contribution in [3.05, 3.63) is 23.3 Å². The maximum absolute atomic E-state index is 10.1. The molecule has 1 nitrogen and oxygen atoms in total. The first-order chi connectivity index (χ1) is 4.22. The van der Waals surface area contributed by atoms with Crippen molar-refractivity contribution in [3.63, 3.8) is 0 Å². The van der Waals surface area contributed by atoms with Gasteiger partial charge < -0.3 is 0 Å². The van der Waals surface area contributed by atoms with Gasteiger partial charge >= 0.3 is 0 Å². The second-order valence-corrected chi connectivity index (χ2v) is 1.98. The van der Waals surface area contributed by atoms with E-state index in [4.69, 9.17) is 0 Å². The Balaban J connectivity index is 4.27. The summed E-state index contributed by atoms with van der Waals surface area (Å²) in [5, 5.41) is 0. The van der Waals surface area contributed by atoms with Crippen LogP contribution in [0.3, 0.4) is 0 Å². The Labute approximate surface area is 56.1 Å². The van der Waals surface area contributed by atoms with E-state index in [1.807, 2.05) is 32.9 Å². The third kappa shape index (κ3) is 2.85. The molecule has 0 aromatic rings. The predicted molar refractivity (Wildman–Crippen MR) is 39.3 cm³/mol. The molecule has 0 saturated heterocycles. The van der Waals surface area contributed by atoms with Crippen LogP contribution in [0.25, 0.3) is 0 Å². The first-order valence-electron chi connectivity index (χ1n) is 2.97. The van der Waals surface area contributed by atoms with Gasteiger partial charge in [0, 0.05) is 0 Å². The highest BCUT2D eigenvalue weighted by atomic mass is 16.1. The summed E-state index contributed by atoms with van der Waals surface area (Å²) in [5.74, 6) is 0. The summed E-state index contributed by atoms with van der Waals surface area (Å²) in [5.41, 5.74) is 1.83. The van der Waals surface area contributed by atoms with Crippen LogP contribution in [0, 0.1) is 0 Å². The Bertz CT molecular complexity index is 152. The van der Waals surface area contributed by atoms with Crippen LogP contribution in [0.5, 0.6) is 0 Å². The maximum atomic E-state index is 10.1. The van der Waals surface area contributed by atoms with Gasteiger partial charge in [0.25, 0.3) is 0 Å². The predicted octanol–water partition coefficient (Wildman–Crippen LogP) is 2.10. The van der Waals surface area contributed by atoms with Gasteiger partial charge in [-0.2, -0.15) is 0 Å². The molecule has 0 N–H and O–H groups in total. The van der Waals surface area contributed by atoms with E-state index >= 15 is 0 Å². The third-order valence-electron chi connectivity index (χ3n) is 1.22. The highest BCUT2D eigenvalue weighted by Gasteiger charge is 1.87. The molecule has 0 fully saturated rings. The van der Waals surface area contributed by atoms with E-state index in [0.717, 1.165) is 17.4 Å². The lowest BCUT2D eigenvalue weighted by molar-refractivity contribution is -0.104. The van der Waals surface area contributed by atoms with E-state index in [0.29, 0.717) is 0 Å². The van der Waals surface area contributed by atoms with Crippen molar-refractivity contribution in [1.29, 1.82) is 0 Å². The van der Waals surface area contributed by atoms with Crippen molar-refractivity contribution < 1.29 is 4.79 Å². The number of allylic oxidation sites excluding steroid dienone is 4. The van der Waals surface area contributed by atoms with Crippen molar-refractivity contribution in [2.24, 2.45) is 0 Å². The zero-order valence-corrected chi connectivity index (χ0v) is 6.14. The molecular weight excluding hydrogens is 112 g/mol. The Hall–Kier alpha value is -0.850. The molecule has 0 heterocycles. The standard InChI is InChI=1S/C8H12O/c1-4-5-7(2)8(3)6-9/h4-6H,1-3H3. The van der Waals surface area contributed by atoms with Gasteiger partial charge in [0.2, 0.25) is 0 Å². The molecule has 0 bridgehead atoms. The van der Waals surface area contributed by atoms with Crippen LogP contribution in [0.4, 0.5) is 0 Å². The molecule has 9 heavy (non-hydrogen) atoms. The number of hydrogen-bond donors (Lipinski definition) is 0. The lowest BCUT2D eigenvalue weighted by Gasteiger charge is -1.90. The Morgan fingerprint density at radius 2 is 1.78 bits per heavy atom. The molecule has 0 saturated carbocycles. The first-order valence-corrected chi connectivity index (χ1v) is 2.97. The van der Waals surface area contributed by atoms with E-state index < -0.39 is 0 Å². The van der Waals surface area contributed by atoms with Gasteiger partial charge in [0.15, 0.2) is 0 Å². The molecule has 50 valence electrons. The van der Waals surface area contributed by atoms with Crippen LogP contribution in [0.1, 0.15) is 20.8 Å². The zero-order chi connectivity index (χ0) is 7.28. The van der Waals surface area contributed by atoms with Crippen molar-refractivity contribution >= 4 is 6.29 Å². The van der Waals surface area contributed by atoms with Gasteiger partial charge in [-0.25, -0.2) is 0 Å². The minimum atomic E-state index is 0.799. The molecule has 0 aliphatic rings. The average molecular weight is 124 g/mol. The maximum Gasteiger partial charge on any atom is 0.146 e. The molecule has 0 aliphatic carbocycles. The van der Waals surface area contributed by atoms with E-state index in [-0.39, 0.29) is 0 Å². The second kappa shape index (κ2) is 4.07. The van der Waals surface area contributed by atoms with Gasteiger partial charge in [-0.3, -0.25) is 4.79 Å². The average Bonchev–Trinajstić information content (AvgIpc) is 1.87. The van der Waals surface area contributed by atoms with Crippen LogP contribution in [-0.4, -0.2) is 6.29 Å². The number of hydrogen-bond acceptors (Lipinski definition) is 1. The highest BCUT2D eigenvalue weighted by molar-refractivity contribution is 5.74. The van der Waals surface area contributed by atoms with Crippen molar-refractivity contribution in [2.45, 2.75) is 20.8 Å². The lowest BCUT2D eigenvalue weighted by atomic mass is 10.1. The Morgan fingerprint density at radius 1 is 1.22 bits per heavy atom. The summed E-state index contributed by atoms with van der Waals surface area (Å²) in [4.78, 5) is 10.1. The summed E-state index contributed by atoms with van der Waals surface area (Å²) < 4.78 is 0. The fourth-order valence-electron chi connectivity index (χ4n) is 0.474. The van der Waals surface area contributed by atoms with E-state index in [1.165, 1.54) is 0 Å². The van der Waals surface area contributed by atoms with Crippen molar-refractivity contribution in [2.75, 3.05) is 0 Å². The monoisotopic (exact) mass is 124 g/mol. The van der Waals surface area contributed by atoms with E-state index in [1.54, 1.807) is 0 Å². The Morgan fingerprint density at radius 3 is 2.11 bits per heavy atom. The van der Waals surface area contributed by atoms with Crippen LogP contribution >= 0.6 is 0 Å². The summed E-state index contributed by atoms with van der Waals surface area (Å²) in [6, 6.07) is 0. The van der Waals surface area contributed by atoms with E-state index in [9.17, 15) is 4.79 Å². The Kier molecular flexibility index (Phi) is 3.69. The number of carbonyl (C=O) groups excluding carboxylic acids is 1. The fourth-order valence-corrected chi connectivity index (χ4v) is 0.474. The summed E-state index contributed by atoms with van der Waals surface area (Å²) in [6.45, 7) is 5.66. The van der Waals surface area contributed by atoms with Crippen molar-refractivity contribution in [3.8, 4) is 0 Å². The molecule has 0 unspecified atom stereocenters. The zero-order valence-electron chi connectivity index (χ0n) is 6.14. The molecule has 0 radical (unpaired) electrons. The van der Waals surface area contributed by atoms with Crippen LogP contribution in [0.15, 0.2) is 23.3 Å². The molecule has 0 aliphatic heterocycles. The lowest BCUT2D eigenvalue weighted by Crippen LogP contribution is -1.80. The van der Waals surface area contributed by atoms with Crippen LogP contribution < -0.4 is 0 Å². The van der Waals surface area contributed by atoms with Crippen LogP contribution in [0.2, 0.25) is 0 Å². The van der Waals surface area contributed by atoms with Gasteiger partial charge in [-0.05, 0) is 31.9 Å². The quantitative estimate of drug-likeness (QED) is 0.313. The number of rotatable bonds is 2. The molecule has 0 amide bonds. The molecular formula is C8H12O. The second-order valence-electron chi connectivity index (χ2n) is 1.98. The molecule has 0 aromatic carbocycles.